The summed E-state index contributed by atoms with van der Waals surface area (Å²) in [6.45, 7) is 1.65. The van der Waals surface area contributed by atoms with Crippen molar-refractivity contribution in [2.24, 2.45) is 0 Å². The third-order valence-electron chi connectivity index (χ3n) is 3.39. The van der Waals surface area contributed by atoms with Gasteiger partial charge in [0, 0.05) is 12.1 Å². The van der Waals surface area contributed by atoms with Crippen LogP contribution in [0.1, 0.15) is 17.2 Å². The van der Waals surface area contributed by atoms with Crippen molar-refractivity contribution in [2.45, 2.75) is 19.1 Å². The van der Waals surface area contributed by atoms with Gasteiger partial charge in [-0.25, -0.2) is 0 Å². The summed E-state index contributed by atoms with van der Waals surface area (Å²) in [6, 6.07) is 5.11. The number of ether oxygens (including phenoxy) is 1. The van der Waals surface area contributed by atoms with Gasteiger partial charge in [0.2, 0.25) is 0 Å². The summed E-state index contributed by atoms with van der Waals surface area (Å²) >= 11 is 0. The Labute approximate surface area is 137 Å². The number of aliphatic hydroxyl groups excluding tert-OH is 2. The average Bonchev–Trinajstić information content (AvgIpc) is 2.48. The number of benzene rings is 2. The molecule has 7 N–H and O–H groups in total. The molecule has 0 saturated carbocycles. The Morgan fingerprint density at radius 1 is 0.875 bits per heavy atom. The van der Waals surface area contributed by atoms with Crippen LogP contribution >= 0.6 is 0 Å². The lowest BCUT2D eigenvalue weighted by Gasteiger charge is -2.27. The van der Waals surface area contributed by atoms with E-state index in [9.17, 15) is 15.3 Å². The predicted octanol–water partition coefficient (Wildman–Crippen LogP) is 0.996. The fourth-order valence-corrected chi connectivity index (χ4v) is 2.21. The van der Waals surface area contributed by atoms with Crippen molar-refractivity contribution in [2.75, 3.05) is 6.61 Å². The van der Waals surface area contributed by atoms with Crippen LogP contribution in [-0.2, 0) is 0 Å². The number of aromatic hydroxyl groups is 5. The zero-order chi connectivity index (χ0) is 18.0. The minimum absolute atomic E-state index is 0.0585. The van der Waals surface area contributed by atoms with Crippen LogP contribution in [0, 0.1) is 6.92 Å². The maximum absolute atomic E-state index is 9.53. The summed E-state index contributed by atoms with van der Waals surface area (Å²) in [5.41, 5.74) is 0.814. The van der Waals surface area contributed by atoms with Crippen molar-refractivity contribution in [3.8, 4) is 34.5 Å². The molecule has 2 atom stereocenters. The summed E-state index contributed by atoms with van der Waals surface area (Å²) in [5, 5.41) is 63.9. The normalized spacial score (nSPS) is 18.8. The minimum atomic E-state index is -1.18. The molecule has 24 heavy (non-hydrogen) atoms. The van der Waals surface area contributed by atoms with Crippen LogP contribution in [0.15, 0.2) is 24.3 Å². The molecule has 3 rings (SSSR count). The highest BCUT2D eigenvalue weighted by Gasteiger charge is 2.30. The number of hydrogen-bond acceptors (Lipinski definition) is 8. The van der Waals surface area contributed by atoms with Gasteiger partial charge in [-0.1, -0.05) is 0 Å². The van der Waals surface area contributed by atoms with Gasteiger partial charge >= 0.3 is 0 Å². The van der Waals surface area contributed by atoms with E-state index in [-0.39, 0.29) is 40.9 Å². The van der Waals surface area contributed by atoms with Crippen LogP contribution < -0.4 is 4.74 Å². The molecule has 8 heteroatoms. The van der Waals surface area contributed by atoms with E-state index >= 15 is 0 Å². The average molecular weight is 338 g/mol. The van der Waals surface area contributed by atoms with E-state index in [1.54, 1.807) is 6.92 Å². The molecule has 1 aliphatic heterocycles. The van der Waals surface area contributed by atoms with Crippen LogP contribution in [0.5, 0.6) is 34.5 Å². The predicted molar refractivity (Wildman–Crippen MR) is 82.4 cm³/mol. The van der Waals surface area contributed by atoms with Gasteiger partial charge in [0.15, 0.2) is 17.2 Å². The van der Waals surface area contributed by atoms with Crippen LogP contribution in [0.4, 0.5) is 0 Å². The van der Waals surface area contributed by atoms with Crippen molar-refractivity contribution in [1.29, 1.82) is 0 Å². The molecule has 130 valence electrons. The molecule has 0 bridgehead atoms. The Morgan fingerprint density at radius 3 is 2.04 bits per heavy atom. The quantitative estimate of drug-likeness (QED) is 0.351. The van der Waals surface area contributed by atoms with Crippen molar-refractivity contribution >= 4 is 0 Å². The number of phenols is 5. The molecular weight excluding hydrogens is 320 g/mol. The lowest BCUT2D eigenvalue weighted by Crippen LogP contribution is -2.30. The van der Waals surface area contributed by atoms with Gasteiger partial charge < -0.3 is 40.5 Å². The number of phenolic OH excluding ortho intramolecular Hbond substituents is 5. The molecule has 0 spiro atoms. The second-order valence-electron chi connectivity index (χ2n) is 5.35. The monoisotopic (exact) mass is 338 g/mol. The Hall–Kier alpha value is -2.84. The fraction of sp³-hybridized carbons (Fsp3) is 0.250. The van der Waals surface area contributed by atoms with Gasteiger partial charge in [-0.05, 0) is 24.6 Å². The van der Waals surface area contributed by atoms with E-state index in [0.29, 0.717) is 5.56 Å². The lowest BCUT2D eigenvalue weighted by molar-refractivity contribution is -0.0269. The standard InChI is InChI=1S/C9H10O5.C7H8O3/c10-4-1-5(11)8-7(2-4)14-3-6(12)9(8)13;1-4-2-5(8)7(10)6(9)3-4/h1-2,6,9-13H,3H2;2-3,8-10H,1H3. The number of aryl methyl sites for hydroxylation is 1. The Bertz CT molecular complexity index is 720. The molecule has 0 radical (unpaired) electrons. The van der Waals surface area contributed by atoms with Crippen molar-refractivity contribution < 1.29 is 40.5 Å². The van der Waals surface area contributed by atoms with Gasteiger partial charge in [0.25, 0.3) is 0 Å². The minimum Gasteiger partial charge on any atom is -0.508 e. The maximum atomic E-state index is 9.53. The number of fused-ring (bicyclic) bond motifs is 1. The molecular formula is C16H18O8. The van der Waals surface area contributed by atoms with E-state index < -0.39 is 18.0 Å². The Balaban J connectivity index is 0.000000185. The maximum Gasteiger partial charge on any atom is 0.200 e. The lowest BCUT2D eigenvalue weighted by atomic mass is 10.00. The Kier molecular flexibility index (Phi) is 4.91. The molecule has 0 saturated heterocycles. The molecule has 0 amide bonds. The highest BCUT2D eigenvalue weighted by atomic mass is 16.5. The van der Waals surface area contributed by atoms with E-state index in [1.807, 2.05) is 0 Å². The molecule has 2 aromatic carbocycles. The van der Waals surface area contributed by atoms with Gasteiger partial charge in [-0.15, -0.1) is 0 Å². The highest BCUT2D eigenvalue weighted by Crippen LogP contribution is 2.41. The first-order valence-corrected chi connectivity index (χ1v) is 6.97. The zero-order valence-electron chi connectivity index (χ0n) is 12.7. The molecule has 0 aromatic heterocycles. The molecule has 8 nitrogen and oxygen atoms in total. The van der Waals surface area contributed by atoms with Crippen LogP contribution in [0.3, 0.4) is 0 Å². The second-order valence-corrected chi connectivity index (χ2v) is 5.35. The van der Waals surface area contributed by atoms with Gasteiger partial charge in [0.05, 0.1) is 5.56 Å². The van der Waals surface area contributed by atoms with Gasteiger partial charge in [0.1, 0.15) is 36.1 Å². The zero-order valence-corrected chi connectivity index (χ0v) is 12.7. The highest BCUT2D eigenvalue weighted by molar-refractivity contribution is 5.52. The van der Waals surface area contributed by atoms with E-state index in [0.717, 1.165) is 6.07 Å². The van der Waals surface area contributed by atoms with Crippen molar-refractivity contribution in [3.63, 3.8) is 0 Å². The first kappa shape index (κ1) is 17.5. The molecule has 1 aliphatic rings. The Morgan fingerprint density at radius 2 is 1.46 bits per heavy atom. The molecule has 0 fully saturated rings. The first-order valence-electron chi connectivity index (χ1n) is 6.97. The summed E-state index contributed by atoms with van der Waals surface area (Å²) < 4.78 is 5.04. The summed E-state index contributed by atoms with van der Waals surface area (Å²) in [7, 11) is 0. The third-order valence-corrected chi connectivity index (χ3v) is 3.39. The summed E-state index contributed by atoms with van der Waals surface area (Å²) in [5.74, 6) is -1.29. The van der Waals surface area contributed by atoms with E-state index in [4.69, 9.17) is 25.2 Å². The van der Waals surface area contributed by atoms with Gasteiger partial charge in [-0.2, -0.15) is 0 Å². The van der Waals surface area contributed by atoms with Crippen LogP contribution in [-0.4, -0.2) is 48.5 Å². The van der Waals surface area contributed by atoms with Crippen molar-refractivity contribution in [1.82, 2.24) is 0 Å². The molecule has 0 aliphatic carbocycles. The second kappa shape index (κ2) is 6.73. The molecule has 1 heterocycles. The topological polar surface area (TPSA) is 151 Å². The first-order chi connectivity index (χ1) is 11.2. The SMILES string of the molecule is Cc1cc(O)c(O)c(O)c1.Oc1cc(O)c2c(c1)OCC(O)C2O. The summed E-state index contributed by atoms with van der Waals surface area (Å²) in [6.07, 6.45) is -2.24. The van der Waals surface area contributed by atoms with Crippen LogP contribution in [0.2, 0.25) is 0 Å². The van der Waals surface area contributed by atoms with E-state index in [2.05, 4.69) is 0 Å². The van der Waals surface area contributed by atoms with Gasteiger partial charge in [-0.3, -0.25) is 0 Å². The largest absolute Gasteiger partial charge is 0.508 e. The number of rotatable bonds is 0. The summed E-state index contributed by atoms with van der Waals surface area (Å²) in [4.78, 5) is 0. The smallest absolute Gasteiger partial charge is 0.200 e. The molecule has 2 unspecified atom stereocenters. The van der Waals surface area contributed by atoms with E-state index in [1.165, 1.54) is 18.2 Å². The fourth-order valence-electron chi connectivity index (χ4n) is 2.21. The van der Waals surface area contributed by atoms with Crippen LogP contribution in [0.25, 0.3) is 0 Å². The number of aliphatic hydroxyl groups is 2. The number of hydrogen-bond donors (Lipinski definition) is 7. The molecule has 2 aromatic rings. The third kappa shape index (κ3) is 3.55. The van der Waals surface area contributed by atoms with Crippen molar-refractivity contribution in [3.05, 3.63) is 35.4 Å².